The minimum Gasteiger partial charge on any atom is -0.0617 e. The topological polar surface area (TPSA) is 0 Å². The first-order chi connectivity index (χ1) is 13.3. The summed E-state index contributed by atoms with van der Waals surface area (Å²) in [6.45, 7) is 31.1. The van der Waals surface area contributed by atoms with Crippen LogP contribution < -0.4 is 0 Å². The molecule has 3 spiro atoms. The highest BCUT2D eigenvalue weighted by Crippen LogP contribution is 3.15. The molecule has 8 saturated carbocycles. The molecule has 0 amide bonds. The molecule has 8 aliphatic carbocycles. The molecule has 8 fully saturated rings. The molecule has 0 aliphatic heterocycles. The van der Waals surface area contributed by atoms with Crippen molar-refractivity contribution < 1.29 is 0 Å². The third kappa shape index (κ3) is 0.778. The Morgan fingerprint density at radius 2 is 1.21 bits per heavy atom. The van der Waals surface area contributed by atoms with Crippen LogP contribution >= 0.6 is 0 Å². The van der Waals surface area contributed by atoms with Crippen LogP contribution in [0.25, 0.3) is 0 Å². The fraction of sp³-hybridized carbons (Fsp3) is 1.00. The molecular formula is C29H44. The highest BCUT2D eigenvalue weighted by atomic mass is 15.1. The zero-order valence-electron chi connectivity index (χ0n) is 20.9. The highest BCUT2D eigenvalue weighted by Gasteiger charge is 3.11. The predicted octanol–water partition coefficient (Wildman–Crippen LogP) is 7.14. The first kappa shape index (κ1) is 17.5. The summed E-state index contributed by atoms with van der Waals surface area (Å²) in [6.07, 6.45) is 1.59. The lowest BCUT2D eigenvalue weighted by Crippen LogP contribution is -2.89. The lowest BCUT2D eigenvalue weighted by molar-refractivity contribution is -0.464. The average Bonchev–Trinajstić information content (AvgIpc) is 3.10. The van der Waals surface area contributed by atoms with E-state index in [1.807, 2.05) is 0 Å². The van der Waals surface area contributed by atoms with Crippen LogP contribution in [0.3, 0.4) is 0 Å². The molecule has 0 heterocycles. The van der Waals surface area contributed by atoms with Crippen LogP contribution in [-0.4, -0.2) is 0 Å². The zero-order chi connectivity index (χ0) is 20.9. The van der Waals surface area contributed by atoms with E-state index in [2.05, 4.69) is 76.2 Å². The second kappa shape index (κ2) is 3.53. The molecule has 0 aromatic rings. The monoisotopic (exact) mass is 392 g/mol. The molecule has 8 rings (SSSR count). The van der Waals surface area contributed by atoms with E-state index in [4.69, 9.17) is 0 Å². The van der Waals surface area contributed by atoms with Crippen LogP contribution in [-0.2, 0) is 0 Å². The summed E-state index contributed by atoms with van der Waals surface area (Å²) in [5.41, 5.74) is 4.37. The van der Waals surface area contributed by atoms with Gasteiger partial charge in [-0.15, -0.1) is 0 Å². The zero-order valence-corrected chi connectivity index (χ0v) is 20.9. The van der Waals surface area contributed by atoms with Crippen molar-refractivity contribution in [3.8, 4) is 0 Å². The average molecular weight is 393 g/mol. The van der Waals surface area contributed by atoms with Gasteiger partial charge >= 0.3 is 0 Å². The van der Waals surface area contributed by atoms with E-state index < -0.39 is 0 Å². The molecule has 0 radical (unpaired) electrons. The summed E-state index contributed by atoms with van der Waals surface area (Å²) >= 11 is 0. The van der Waals surface area contributed by atoms with Crippen molar-refractivity contribution in [2.75, 3.05) is 0 Å². The normalized spacial score (nSPS) is 88.4. The van der Waals surface area contributed by atoms with Gasteiger partial charge in [0.15, 0.2) is 0 Å². The number of hydrogen-bond donors (Lipinski definition) is 0. The van der Waals surface area contributed by atoms with E-state index in [-0.39, 0.29) is 0 Å². The summed E-state index contributed by atoms with van der Waals surface area (Å²) in [5, 5.41) is 0. The third-order valence-electron chi connectivity index (χ3n) is 18.5. The molecule has 17 unspecified atom stereocenters. The van der Waals surface area contributed by atoms with Gasteiger partial charge in [0.25, 0.3) is 0 Å². The van der Waals surface area contributed by atoms with Gasteiger partial charge in [-0.3, -0.25) is 0 Å². The van der Waals surface area contributed by atoms with Gasteiger partial charge in [0, 0.05) is 0 Å². The quantitative estimate of drug-likeness (QED) is 0.411. The molecule has 0 N–H and O–H groups in total. The van der Waals surface area contributed by atoms with Crippen LogP contribution in [0, 0.1) is 96.6 Å². The van der Waals surface area contributed by atoms with Crippen LogP contribution in [0.5, 0.6) is 0 Å². The van der Waals surface area contributed by atoms with Gasteiger partial charge in [-0.2, -0.15) is 0 Å². The van der Waals surface area contributed by atoms with Crippen LogP contribution in [0.4, 0.5) is 0 Å². The second-order valence-corrected chi connectivity index (χ2v) is 15.3. The molecule has 160 valence electrons. The Balaban J connectivity index is 1.71. The van der Waals surface area contributed by atoms with Gasteiger partial charge in [0.2, 0.25) is 0 Å². The highest BCUT2D eigenvalue weighted by molar-refractivity contribution is 5.57. The summed E-state index contributed by atoms with van der Waals surface area (Å²) < 4.78 is 0. The van der Waals surface area contributed by atoms with Crippen molar-refractivity contribution in [2.24, 2.45) is 96.6 Å². The lowest BCUT2D eigenvalue weighted by atomic mass is 9.11. The van der Waals surface area contributed by atoms with Gasteiger partial charge in [-0.25, -0.2) is 0 Å². The number of hydrogen-bond acceptors (Lipinski definition) is 0. The van der Waals surface area contributed by atoms with Crippen molar-refractivity contribution >= 4 is 0 Å². The Morgan fingerprint density at radius 1 is 0.586 bits per heavy atom. The van der Waals surface area contributed by atoms with Crippen LogP contribution in [0.1, 0.15) is 82.6 Å². The van der Waals surface area contributed by atoms with Crippen molar-refractivity contribution in [1.82, 2.24) is 0 Å². The summed E-state index contributed by atoms with van der Waals surface area (Å²) in [5.74, 6) is 8.45. The Labute approximate surface area is 179 Å². The molecule has 0 saturated heterocycles. The lowest BCUT2D eigenvalue weighted by Gasteiger charge is -2.92. The Kier molecular flexibility index (Phi) is 2.14. The third-order valence-corrected chi connectivity index (χ3v) is 18.5. The smallest absolute Gasteiger partial charge is 0.0105 e. The van der Waals surface area contributed by atoms with Crippen molar-refractivity contribution in [2.45, 2.75) is 82.6 Å². The predicted molar refractivity (Wildman–Crippen MR) is 118 cm³/mol. The van der Waals surface area contributed by atoms with Crippen molar-refractivity contribution in [1.29, 1.82) is 0 Å². The molecule has 0 nitrogen and oxygen atoms in total. The SMILES string of the molecule is CC1C2C3C(C)C4(C)C5(C)C(C)C67CC58C(C)C2C8(C3C)C(C)(C1(C)C6C)C74C. The molecule has 29 heavy (non-hydrogen) atoms. The van der Waals surface area contributed by atoms with E-state index >= 15 is 0 Å². The summed E-state index contributed by atoms with van der Waals surface area (Å²) in [6, 6.07) is 0. The van der Waals surface area contributed by atoms with Crippen LogP contribution in [0.15, 0.2) is 0 Å². The maximum atomic E-state index is 2.93. The fourth-order valence-corrected chi connectivity index (χ4v) is 18.5. The Bertz CT molecular complexity index is 950. The Hall–Kier alpha value is 0. The molecule has 0 aromatic carbocycles. The van der Waals surface area contributed by atoms with E-state index in [1.165, 1.54) is 0 Å². The van der Waals surface area contributed by atoms with Crippen molar-refractivity contribution in [3.05, 3.63) is 0 Å². The van der Waals surface area contributed by atoms with Gasteiger partial charge in [-0.05, 0) is 103 Å². The minimum atomic E-state index is 0.495. The Morgan fingerprint density at radius 3 is 1.83 bits per heavy atom. The maximum absolute atomic E-state index is 2.93. The number of rotatable bonds is 0. The summed E-state index contributed by atoms with van der Waals surface area (Å²) in [7, 11) is 0. The molecule has 8 aliphatic rings. The molecule has 0 aromatic heterocycles. The minimum absolute atomic E-state index is 0.495. The molecular weight excluding hydrogens is 348 g/mol. The largest absolute Gasteiger partial charge is 0.0617 e. The van der Waals surface area contributed by atoms with E-state index in [9.17, 15) is 0 Å². The molecule has 0 heteroatoms. The van der Waals surface area contributed by atoms with Crippen LogP contribution in [0.2, 0.25) is 0 Å². The van der Waals surface area contributed by atoms with Gasteiger partial charge in [-0.1, -0.05) is 76.2 Å². The molecule has 17 atom stereocenters. The van der Waals surface area contributed by atoms with E-state index in [0.717, 1.165) is 53.3 Å². The summed E-state index contributed by atoms with van der Waals surface area (Å²) in [4.78, 5) is 0. The second-order valence-electron chi connectivity index (χ2n) is 15.3. The van der Waals surface area contributed by atoms with E-state index in [0.29, 0.717) is 43.3 Å². The van der Waals surface area contributed by atoms with E-state index in [1.54, 1.807) is 6.42 Å². The van der Waals surface area contributed by atoms with Crippen molar-refractivity contribution in [3.63, 3.8) is 0 Å². The standard InChI is InChI=1S/C29H44/c1-13-20-19-14(2)23(8)24(9)18(6)27-12-28(24)16(4)21(20)29(28,15(19)3)25(10,26(23,27)11)22(13,7)17(27)5/h13-21H,12H2,1-11H3. The van der Waals surface area contributed by atoms with Gasteiger partial charge in [0.05, 0.1) is 0 Å². The van der Waals surface area contributed by atoms with Gasteiger partial charge in [0.1, 0.15) is 0 Å². The fourth-order valence-electron chi connectivity index (χ4n) is 18.5. The first-order valence-electron chi connectivity index (χ1n) is 13.3. The molecule has 6 bridgehead atoms. The maximum Gasteiger partial charge on any atom is -0.0105 e. The first-order valence-corrected chi connectivity index (χ1v) is 13.3. The van der Waals surface area contributed by atoms with Gasteiger partial charge < -0.3 is 0 Å².